The Kier molecular flexibility index (Phi) is 3.04. The van der Waals surface area contributed by atoms with Crippen LogP contribution in [0.5, 0.6) is 0 Å². The summed E-state index contributed by atoms with van der Waals surface area (Å²) in [6.45, 7) is 0.585. The van der Waals surface area contributed by atoms with Crippen molar-refractivity contribution in [2.24, 2.45) is 5.73 Å². The highest BCUT2D eigenvalue weighted by Crippen LogP contribution is 2.20. The fourth-order valence-electron chi connectivity index (χ4n) is 1.51. The Morgan fingerprint density at radius 2 is 2.13 bits per heavy atom. The van der Waals surface area contributed by atoms with E-state index in [1.807, 2.05) is 35.0 Å². The number of hydrogen-bond donors (Lipinski definition) is 1. The lowest BCUT2D eigenvalue weighted by molar-refractivity contribution is 0.837. The average Bonchev–Trinajstić information content (AvgIpc) is 2.67. The zero-order chi connectivity index (χ0) is 10.7. The van der Waals surface area contributed by atoms with Crippen molar-refractivity contribution in [2.45, 2.75) is 6.42 Å². The van der Waals surface area contributed by atoms with E-state index in [0.717, 1.165) is 17.9 Å². The molecule has 1 heterocycles. The van der Waals surface area contributed by atoms with Gasteiger partial charge in [-0.05, 0) is 18.7 Å². The number of imidazole rings is 1. The third-order valence-corrected chi connectivity index (χ3v) is 2.52. The van der Waals surface area contributed by atoms with E-state index in [9.17, 15) is 0 Å². The van der Waals surface area contributed by atoms with Gasteiger partial charge in [0.05, 0.1) is 10.7 Å². The predicted molar refractivity (Wildman–Crippen MR) is 61.3 cm³/mol. The van der Waals surface area contributed by atoms with Gasteiger partial charge in [-0.3, -0.25) is 0 Å². The SMILES string of the molecule is NCCc1nccn1-c1ccccc1Cl. The Morgan fingerprint density at radius 3 is 2.87 bits per heavy atom. The van der Waals surface area contributed by atoms with Crippen LogP contribution >= 0.6 is 11.6 Å². The van der Waals surface area contributed by atoms with E-state index >= 15 is 0 Å². The quantitative estimate of drug-likeness (QED) is 0.862. The van der Waals surface area contributed by atoms with Gasteiger partial charge in [0, 0.05) is 18.8 Å². The number of benzene rings is 1. The topological polar surface area (TPSA) is 43.8 Å². The lowest BCUT2D eigenvalue weighted by atomic mass is 10.3. The number of rotatable bonds is 3. The highest BCUT2D eigenvalue weighted by Gasteiger charge is 2.06. The molecular formula is C11H12ClN3. The predicted octanol–water partition coefficient (Wildman–Crippen LogP) is 2.03. The van der Waals surface area contributed by atoms with Gasteiger partial charge in [0.15, 0.2) is 0 Å². The maximum absolute atomic E-state index is 6.11. The van der Waals surface area contributed by atoms with Crippen molar-refractivity contribution in [1.29, 1.82) is 0 Å². The van der Waals surface area contributed by atoms with E-state index in [-0.39, 0.29) is 0 Å². The first-order chi connectivity index (χ1) is 7.33. The molecule has 78 valence electrons. The first kappa shape index (κ1) is 10.2. The van der Waals surface area contributed by atoms with Crippen LogP contribution in [0.25, 0.3) is 5.69 Å². The molecule has 0 unspecified atom stereocenters. The maximum Gasteiger partial charge on any atom is 0.114 e. The Labute approximate surface area is 93.5 Å². The minimum absolute atomic E-state index is 0.585. The molecule has 0 atom stereocenters. The summed E-state index contributed by atoms with van der Waals surface area (Å²) in [5.41, 5.74) is 6.46. The van der Waals surface area contributed by atoms with E-state index in [1.165, 1.54) is 0 Å². The molecule has 0 amide bonds. The number of para-hydroxylation sites is 1. The molecular weight excluding hydrogens is 210 g/mol. The summed E-state index contributed by atoms with van der Waals surface area (Å²) >= 11 is 6.11. The van der Waals surface area contributed by atoms with Gasteiger partial charge in [0.2, 0.25) is 0 Å². The van der Waals surface area contributed by atoms with E-state index < -0.39 is 0 Å². The molecule has 0 aliphatic rings. The van der Waals surface area contributed by atoms with Crippen molar-refractivity contribution in [2.75, 3.05) is 6.54 Å². The molecule has 0 radical (unpaired) electrons. The molecule has 0 saturated carbocycles. The monoisotopic (exact) mass is 221 g/mol. The molecule has 0 spiro atoms. The minimum atomic E-state index is 0.585. The Morgan fingerprint density at radius 1 is 1.33 bits per heavy atom. The molecule has 0 bridgehead atoms. The van der Waals surface area contributed by atoms with E-state index in [4.69, 9.17) is 17.3 Å². The zero-order valence-corrected chi connectivity index (χ0v) is 8.98. The van der Waals surface area contributed by atoms with Crippen LogP contribution in [-0.2, 0) is 6.42 Å². The normalized spacial score (nSPS) is 10.5. The van der Waals surface area contributed by atoms with Gasteiger partial charge >= 0.3 is 0 Å². The second-order valence-electron chi connectivity index (χ2n) is 3.20. The molecule has 15 heavy (non-hydrogen) atoms. The highest BCUT2D eigenvalue weighted by atomic mass is 35.5. The van der Waals surface area contributed by atoms with Gasteiger partial charge in [-0.2, -0.15) is 0 Å². The van der Waals surface area contributed by atoms with Crippen LogP contribution in [0.1, 0.15) is 5.82 Å². The van der Waals surface area contributed by atoms with E-state index in [2.05, 4.69) is 4.98 Å². The van der Waals surface area contributed by atoms with Crippen LogP contribution in [0, 0.1) is 0 Å². The van der Waals surface area contributed by atoms with Gasteiger partial charge in [0.1, 0.15) is 5.82 Å². The Balaban J connectivity index is 2.45. The molecule has 1 aromatic carbocycles. The molecule has 1 aromatic heterocycles. The Bertz CT molecular complexity index is 451. The summed E-state index contributed by atoms with van der Waals surface area (Å²) in [7, 11) is 0. The molecule has 0 aliphatic carbocycles. The number of nitrogens with two attached hydrogens (primary N) is 1. The molecule has 4 heteroatoms. The van der Waals surface area contributed by atoms with Crippen LogP contribution in [0.3, 0.4) is 0 Å². The van der Waals surface area contributed by atoms with Gasteiger partial charge in [-0.1, -0.05) is 23.7 Å². The molecule has 0 saturated heterocycles. The summed E-state index contributed by atoms with van der Waals surface area (Å²) in [6.07, 6.45) is 4.40. The summed E-state index contributed by atoms with van der Waals surface area (Å²) in [5.74, 6) is 0.936. The summed E-state index contributed by atoms with van der Waals surface area (Å²) in [4.78, 5) is 4.25. The van der Waals surface area contributed by atoms with Crippen molar-refractivity contribution < 1.29 is 0 Å². The first-order valence-electron chi connectivity index (χ1n) is 4.80. The average molecular weight is 222 g/mol. The lowest BCUT2D eigenvalue weighted by Gasteiger charge is -2.08. The van der Waals surface area contributed by atoms with Gasteiger partial charge in [-0.25, -0.2) is 4.98 Å². The van der Waals surface area contributed by atoms with Crippen molar-refractivity contribution in [3.8, 4) is 5.69 Å². The molecule has 2 N–H and O–H groups in total. The lowest BCUT2D eigenvalue weighted by Crippen LogP contribution is -2.08. The van der Waals surface area contributed by atoms with Crippen LogP contribution in [0.15, 0.2) is 36.7 Å². The number of hydrogen-bond acceptors (Lipinski definition) is 2. The third kappa shape index (κ3) is 2.03. The zero-order valence-electron chi connectivity index (χ0n) is 8.23. The molecule has 0 aliphatic heterocycles. The van der Waals surface area contributed by atoms with Crippen LogP contribution in [0.4, 0.5) is 0 Å². The van der Waals surface area contributed by atoms with Gasteiger partial charge < -0.3 is 10.3 Å². The second-order valence-corrected chi connectivity index (χ2v) is 3.61. The van der Waals surface area contributed by atoms with Crippen molar-refractivity contribution in [3.05, 3.63) is 47.5 Å². The van der Waals surface area contributed by atoms with Crippen LogP contribution in [0.2, 0.25) is 5.02 Å². The van der Waals surface area contributed by atoms with E-state index in [1.54, 1.807) is 6.20 Å². The summed E-state index contributed by atoms with van der Waals surface area (Å²) in [5, 5.41) is 0.716. The second kappa shape index (κ2) is 4.47. The number of halogens is 1. The maximum atomic E-state index is 6.11. The smallest absolute Gasteiger partial charge is 0.114 e. The fourth-order valence-corrected chi connectivity index (χ4v) is 1.74. The van der Waals surface area contributed by atoms with Crippen molar-refractivity contribution in [1.82, 2.24) is 9.55 Å². The summed E-state index contributed by atoms with van der Waals surface area (Å²) in [6, 6.07) is 7.69. The molecule has 2 aromatic rings. The first-order valence-corrected chi connectivity index (χ1v) is 5.18. The minimum Gasteiger partial charge on any atom is -0.330 e. The van der Waals surface area contributed by atoms with Crippen LogP contribution in [-0.4, -0.2) is 16.1 Å². The summed E-state index contributed by atoms with van der Waals surface area (Å²) < 4.78 is 1.97. The van der Waals surface area contributed by atoms with Gasteiger partial charge in [0.25, 0.3) is 0 Å². The number of nitrogens with zero attached hydrogens (tertiary/aromatic N) is 2. The van der Waals surface area contributed by atoms with Gasteiger partial charge in [-0.15, -0.1) is 0 Å². The third-order valence-electron chi connectivity index (χ3n) is 2.20. The number of aromatic nitrogens is 2. The standard InChI is InChI=1S/C11H12ClN3/c12-9-3-1-2-4-10(9)15-8-7-14-11(15)5-6-13/h1-4,7-8H,5-6,13H2. The van der Waals surface area contributed by atoms with Crippen molar-refractivity contribution in [3.63, 3.8) is 0 Å². The molecule has 3 nitrogen and oxygen atoms in total. The fraction of sp³-hybridized carbons (Fsp3) is 0.182. The molecule has 0 fully saturated rings. The van der Waals surface area contributed by atoms with Crippen molar-refractivity contribution >= 4 is 11.6 Å². The molecule has 2 rings (SSSR count). The van der Waals surface area contributed by atoms with E-state index in [0.29, 0.717) is 11.6 Å². The van der Waals surface area contributed by atoms with Crippen LogP contribution < -0.4 is 5.73 Å². The largest absolute Gasteiger partial charge is 0.330 e. The highest BCUT2D eigenvalue weighted by molar-refractivity contribution is 6.32. The Hall–Kier alpha value is -1.32.